The van der Waals surface area contributed by atoms with Crippen LogP contribution in [-0.4, -0.2) is 60.2 Å². The molecule has 164 valence electrons. The van der Waals surface area contributed by atoms with Crippen LogP contribution in [0.4, 0.5) is 13.6 Å². The van der Waals surface area contributed by atoms with Crippen molar-refractivity contribution in [2.24, 2.45) is 0 Å². The summed E-state index contributed by atoms with van der Waals surface area (Å²) in [6, 6.07) is 2.83. The van der Waals surface area contributed by atoms with Crippen LogP contribution in [0.1, 0.15) is 41.6 Å². The summed E-state index contributed by atoms with van der Waals surface area (Å²) in [5.74, 6) is -3.25. The molecule has 4 rings (SSSR count). The Hall–Kier alpha value is -3.57. The molecule has 3 aromatic rings. The van der Waals surface area contributed by atoms with E-state index in [9.17, 15) is 18.4 Å². The average molecular weight is 432 g/mol. The first-order valence-electron chi connectivity index (χ1n) is 9.77. The highest BCUT2D eigenvalue weighted by atomic mass is 19.3. The van der Waals surface area contributed by atoms with Crippen molar-refractivity contribution in [1.82, 2.24) is 39.9 Å². The van der Waals surface area contributed by atoms with E-state index in [0.717, 1.165) is 4.90 Å². The van der Waals surface area contributed by atoms with Crippen molar-refractivity contribution in [3.05, 3.63) is 47.7 Å². The Morgan fingerprint density at radius 3 is 2.94 bits per heavy atom. The highest BCUT2D eigenvalue weighted by Gasteiger charge is 2.38. The number of aromatic nitrogens is 5. The Labute approximate surface area is 176 Å². The molecule has 0 unspecified atom stereocenters. The molecule has 1 aliphatic heterocycles. The van der Waals surface area contributed by atoms with Crippen molar-refractivity contribution >= 4 is 17.6 Å². The third-order valence-corrected chi connectivity index (χ3v) is 4.83. The van der Waals surface area contributed by atoms with E-state index in [2.05, 4.69) is 25.8 Å². The van der Waals surface area contributed by atoms with Gasteiger partial charge in [-0.2, -0.15) is 10.2 Å². The molecule has 0 atom stereocenters. The fourth-order valence-electron chi connectivity index (χ4n) is 3.38. The summed E-state index contributed by atoms with van der Waals surface area (Å²) >= 11 is 0. The number of urea groups is 1. The van der Waals surface area contributed by atoms with Crippen molar-refractivity contribution in [3.8, 4) is 0 Å². The van der Waals surface area contributed by atoms with Crippen molar-refractivity contribution in [1.29, 1.82) is 0 Å². The first-order chi connectivity index (χ1) is 14.7. The highest BCUT2D eigenvalue weighted by molar-refractivity contribution is 5.92. The second kappa shape index (κ2) is 7.93. The lowest BCUT2D eigenvalue weighted by molar-refractivity contribution is -0.0367. The second-order valence-corrected chi connectivity index (χ2v) is 7.71. The smallest absolute Gasteiger partial charge is 0.318 e. The molecule has 4 heterocycles. The van der Waals surface area contributed by atoms with Crippen LogP contribution in [0.5, 0.6) is 0 Å². The number of carbonyl (C=O) groups excluding carboxylic acids is 2. The largest absolute Gasteiger partial charge is 0.345 e. The number of hydrogen-bond acceptors (Lipinski definition) is 5. The van der Waals surface area contributed by atoms with Gasteiger partial charge < -0.3 is 15.5 Å². The summed E-state index contributed by atoms with van der Waals surface area (Å²) < 4.78 is 30.3. The quantitative estimate of drug-likeness (QED) is 0.615. The number of rotatable bonds is 6. The normalized spacial score (nSPS) is 16.0. The number of fused-ring (bicyclic) bond motifs is 1. The standard InChI is InChI=1S/C19H22F2N8O2/c1-12(2)29-15(3-4-24-29)17(30)22-7-14-9-28-16(26-14)5-13(6-25-28)8-27-11-19(20,21)10-23-18(27)31/h3-6,9,12H,7-8,10-11H2,1-2H3,(H,22,30)(H,23,31). The van der Waals surface area contributed by atoms with E-state index in [-0.39, 0.29) is 25.0 Å². The lowest BCUT2D eigenvalue weighted by Crippen LogP contribution is -2.56. The van der Waals surface area contributed by atoms with Gasteiger partial charge in [0.05, 0.1) is 37.7 Å². The van der Waals surface area contributed by atoms with Gasteiger partial charge in [-0.15, -0.1) is 0 Å². The molecule has 1 saturated heterocycles. The Balaban J connectivity index is 1.43. The Morgan fingerprint density at radius 1 is 1.35 bits per heavy atom. The van der Waals surface area contributed by atoms with Crippen molar-refractivity contribution in [2.75, 3.05) is 13.1 Å². The van der Waals surface area contributed by atoms with E-state index in [1.165, 1.54) is 10.7 Å². The minimum absolute atomic E-state index is 0.0109. The van der Waals surface area contributed by atoms with Crippen LogP contribution >= 0.6 is 0 Å². The van der Waals surface area contributed by atoms with Gasteiger partial charge in [0.2, 0.25) is 0 Å². The third-order valence-electron chi connectivity index (χ3n) is 4.83. The molecule has 12 heteroatoms. The van der Waals surface area contributed by atoms with E-state index in [0.29, 0.717) is 22.6 Å². The number of alkyl halides is 2. The fraction of sp³-hybridized carbons (Fsp3) is 0.421. The number of imidazole rings is 1. The van der Waals surface area contributed by atoms with Gasteiger partial charge in [0.1, 0.15) is 5.69 Å². The van der Waals surface area contributed by atoms with Gasteiger partial charge in [-0.25, -0.2) is 23.1 Å². The van der Waals surface area contributed by atoms with Gasteiger partial charge in [0.25, 0.3) is 11.8 Å². The SMILES string of the molecule is CC(C)n1nccc1C(=O)NCc1cn2ncc(CN3CC(F)(F)CNC3=O)cc2n1. The molecule has 3 aromatic heterocycles. The van der Waals surface area contributed by atoms with E-state index in [1.54, 1.807) is 29.2 Å². The highest BCUT2D eigenvalue weighted by Crippen LogP contribution is 2.20. The average Bonchev–Trinajstić information content (AvgIpc) is 3.35. The summed E-state index contributed by atoms with van der Waals surface area (Å²) in [6.07, 6.45) is 4.74. The Morgan fingerprint density at radius 2 is 2.16 bits per heavy atom. The maximum Gasteiger partial charge on any atom is 0.318 e. The molecule has 1 aliphatic rings. The fourth-order valence-corrected chi connectivity index (χ4v) is 3.38. The number of halogens is 2. The Kier molecular flexibility index (Phi) is 5.29. The maximum atomic E-state index is 13.6. The van der Waals surface area contributed by atoms with Crippen molar-refractivity contribution < 1.29 is 18.4 Å². The molecule has 0 spiro atoms. The lowest BCUT2D eigenvalue weighted by Gasteiger charge is -2.32. The molecule has 2 N–H and O–H groups in total. The van der Waals surface area contributed by atoms with E-state index < -0.39 is 25.0 Å². The molecular weight excluding hydrogens is 410 g/mol. The molecule has 0 aliphatic carbocycles. The van der Waals surface area contributed by atoms with Crippen molar-refractivity contribution in [2.45, 2.75) is 38.9 Å². The second-order valence-electron chi connectivity index (χ2n) is 7.71. The van der Waals surface area contributed by atoms with Crippen LogP contribution in [0, 0.1) is 0 Å². The minimum Gasteiger partial charge on any atom is -0.345 e. The zero-order valence-corrected chi connectivity index (χ0v) is 17.0. The van der Waals surface area contributed by atoms with Crippen LogP contribution in [-0.2, 0) is 13.1 Å². The monoisotopic (exact) mass is 432 g/mol. The Bertz CT molecular complexity index is 1120. The first kappa shape index (κ1) is 20.7. The zero-order valence-electron chi connectivity index (χ0n) is 17.0. The van der Waals surface area contributed by atoms with Crippen LogP contribution in [0.15, 0.2) is 30.7 Å². The number of amides is 3. The van der Waals surface area contributed by atoms with E-state index >= 15 is 0 Å². The van der Waals surface area contributed by atoms with Gasteiger partial charge >= 0.3 is 6.03 Å². The number of hydrogen-bond donors (Lipinski definition) is 2. The van der Waals surface area contributed by atoms with Crippen LogP contribution in [0.3, 0.4) is 0 Å². The van der Waals surface area contributed by atoms with Gasteiger partial charge in [-0.3, -0.25) is 9.48 Å². The van der Waals surface area contributed by atoms with Crippen LogP contribution in [0.25, 0.3) is 5.65 Å². The molecule has 0 bridgehead atoms. The summed E-state index contributed by atoms with van der Waals surface area (Å²) in [4.78, 5) is 29.8. The summed E-state index contributed by atoms with van der Waals surface area (Å²) in [5, 5.41) is 13.4. The molecule has 31 heavy (non-hydrogen) atoms. The topological polar surface area (TPSA) is 109 Å². The van der Waals surface area contributed by atoms with Gasteiger partial charge in [0.15, 0.2) is 5.65 Å². The predicted molar refractivity (Wildman–Crippen MR) is 106 cm³/mol. The number of carbonyl (C=O) groups is 2. The molecule has 3 amide bonds. The number of nitrogens with zero attached hydrogens (tertiary/aromatic N) is 6. The minimum atomic E-state index is -2.98. The molecule has 1 fully saturated rings. The third kappa shape index (κ3) is 4.47. The molecular formula is C19H22F2N8O2. The van der Waals surface area contributed by atoms with Gasteiger partial charge in [-0.1, -0.05) is 0 Å². The summed E-state index contributed by atoms with van der Waals surface area (Å²) in [7, 11) is 0. The molecule has 10 nitrogen and oxygen atoms in total. The summed E-state index contributed by atoms with van der Waals surface area (Å²) in [6.45, 7) is 2.73. The van der Waals surface area contributed by atoms with Crippen LogP contribution in [0.2, 0.25) is 0 Å². The van der Waals surface area contributed by atoms with Gasteiger partial charge in [0, 0.05) is 18.8 Å². The number of nitrogens with one attached hydrogen (secondary N) is 2. The van der Waals surface area contributed by atoms with Gasteiger partial charge in [-0.05, 0) is 31.5 Å². The summed E-state index contributed by atoms with van der Waals surface area (Å²) in [5.41, 5.74) is 2.09. The predicted octanol–water partition coefficient (Wildman–Crippen LogP) is 1.60. The first-order valence-corrected chi connectivity index (χ1v) is 9.77. The molecule has 0 radical (unpaired) electrons. The van der Waals surface area contributed by atoms with E-state index in [4.69, 9.17) is 0 Å². The van der Waals surface area contributed by atoms with E-state index in [1.807, 2.05) is 13.8 Å². The maximum absolute atomic E-state index is 13.6. The van der Waals surface area contributed by atoms with Crippen molar-refractivity contribution in [3.63, 3.8) is 0 Å². The lowest BCUT2D eigenvalue weighted by atomic mass is 10.2. The zero-order chi connectivity index (χ0) is 22.2. The molecule has 0 saturated carbocycles. The molecule has 0 aromatic carbocycles. The van der Waals surface area contributed by atoms with Crippen LogP contribution < -0.4 is 10.6 Å².